The molecule has 1 amide bonds. The molecule has 1 heterocycles. The van der Waals surface area contributed by atoms with E-state index in [9.17, 15) is 9.59 Å². The van der Waals surface area contributed by atoms with Crippen molar-refractivity contribution >= 4 is 29.3 Å². The molecule has 0 aliphatic carbocycles. The highest BCUT2D eigenvalue weighted by atomic mass is 32.2. The van der Waals surface area contributed by atoms with Crippen molar-refractivity contribution in [1.29, 1.82) is 0 Å². The lowest BCUT2D eigenvalue weighted by atomic mass is 10.2. The summed E-state index contributed by atoms with van der Waals surface area (Å²) < 4.78 is 5.42. The van der Waals surface area contributed by atoms with Gasteiger partial charge in [-0.25, -0.2) is 4.79 Å². The molecule has 2 aromatic rings. The summed E-state index contributed by atoms with van der Waals surface area (Å²) in [6.07, 6.45) is 0. The minimum Gasteiger partial charge on any atom is -0.478 e. The molecule has 6 heteroatoms. The quantitative estimate of drug-likeness (QED) is 0.826. The molecule has 1 aromatic carbocycles. The summed E-state index contributed by atoms with van der Waals surface area (Å²) in [5.74, 6) is 0.503. The van der Waals surface area contributed by atoms with Gasteiger partial charge in [-0.05, 0) is 37.3 Å². The smallest absolute Gasteiger partial charge is 0.339 e. The molecule has 0 bridgehead atoms. The number of carbonyl (C=O) groups is 2. The van der Waals surface area contributed by atoms with Crippen LogP contribution in [0.3, 0.4) is 0 Å². The van der Waals surface area contributed by atoms with Crippen LogP contribution in [0, 0.1) is 6.92 Å². The molecule has 0 saturated heterocycles. The van der Waals surface area contributed by atoms with E-state index in [1.165, 1.54) is 18.7 Å². The number of nitrogens with one attached hydrogen (secondary N) is 1. The average Bonchev–Trinajstić information content (AvgIpc) is 2.79. The van der Waals surface area contributed by atoms with Gasteiger partial charge in [0.05, 0.1) is 5.75 Å². The van der Waals surface area contributed by atoms with Gasteiger partial charge in [0.15, 0.2) is 0 Å². The fraction of sp³-hybridized carbons (Fsp3) is 0.200. The zero-order valence-electron chi connectivity index (χ0n) is 11.7. The normalized spacial score (nSPS) is 10.4. The zero-order valence-corrected chi connectivity index (χ0v) is 12.5. The first-order chi connectivity index (χ1) is 9.95. The molecule has 0 aliphatic rings. The van der Waals surface area contributed by atoms with Gasteiger partial charge in [0.1, 0.15) is 17.1 Å². The van der Waals surface area contributed by atoms with Gasteiger partial charge in [-0.1, -0.05) is 0 Å². The molecule has 0 radical (unpaired) electrons. The third kappa shape index (κ3) is 4.13. The maximum Gasteiger partial charge on any atom is 0.339 e. The lowest BCUT2D eigenvalue weighted by Gasteiger charge is -2.03. The highest BCUT2D eigenvalue weighted by Gasteiger charge is 2.13. The van der Waals surface area contributed by atoms with Crippen LogP contribution in [0.5, 0.6) is 0 Å². The van der Waals surface area contributed by atoms with E-state index in [0.29, 0.717) is 17.3 Å². The van der Waals surface area contributed by atoms with Crippen LogP contribution in [-0.2, 0) is 10.5 Å². The molecule has 0 fully saturated rings. The predicted molar refractivity (Wildman–Crippen MR) is 80.7 cm³/mol. The molecule has 1 aromatic heterocycles. The third-order valence-electron chi connectivity index (χ3n) is 2.75. The second kappa shape index (κ2) is 6.49. The number of carboxylic acid groups (broad SMARTS) is 1. The van der Waals surface area contributed by atoms with E-state index in [1.807, 2.05) is 24.3 Å². The van der Waals surface area contributed by atoms with Gasteiger partial charge in [0.25, 0.3) is 0 Å². The average molecular weight is 305 g/mol. The summed E-state index contributed by atoms with van der Waals surface area (Å²) in [7, 11) is 0. The van der Waals surface area contributed by atoms with Crippen LogP contribution in [-0.4, -0.2) is 17.0 Å². The molecule has 0 spiro atoms. The van der Waals surface area contributed by atoms with Crippen LogP contribution in [0.4, 0.5) is 5.69 Å². The molecule has 0 atom stereocenters. The van der Waals surface area contributed by atoms with Crippen molar-refractivity contribution in [2.24, 2.45) is 0 Å². The van der Waals surface area contributed by atoms with Crippen LogP contribution in [0.25, 0.3) is 0 Å². The molecule has 110 valence electrons. The van der Waals surface area contributed by atoms with Gasteiger partial charge < -0.3 is 14.8 Å². The number of rotatable bonds is 5. The lowest BCUT2D eigenvalue weighted by Crippen LogP contribution is -2.05. The zero-order chi connectivity index (χ0) is 15.4. The topological polar surface area (TPSA) is 79.5 Å². The Morgan fingerprint density at radius 2 is 1.95 bits per heavy atom. The van der Waals surface area contributed by atoms with Gasteiger partial charge in [0, 0.05) is 17.5 Å². The molecular weight excluding hydrogens is 290 g/mol. The number of anilines is 1. The van der Waals surface area contributed by atoms with E-state index in [2.05, 4.69) is 5.32 Å². The number of benzene rings is 1. The van der Waals surface area contributed by atoms with Crippen molar-refractivity contribution in [2.75, 3.05) is 5.32 Å². The summed E-state index contributed by atoms with van der Waals surface area (Å²) >= 11 is 1.54. The number of furan rings is 1. The van der Waals surface area contributed by atoms with Gasteiger partial charge >= 0.3 is 5.97 Å². The first-order valence-corrected chi connectivity index (χ1v) is 7.27. The number of thioether (sulfide) groups is 1. The van der Waals surface area contributed by atoms with Crippen molar-refractivity contribution in [3.63, 3.8) is 0 Å². The largest absolute Gasteiger partial charge is 0.478 e. The minimum absolute atomic E-state index is 0.109. The Labute approximate surface area is 126 Å². The highest BCUT2D eigenvalue weighted by molar-refractivity contribution is 7.98. The van der Waals surface area contributed by atoms with Crippen LogP contribution >= 0.6 is 11.8 Å². The van der Waals surface area contributed by atoms with Gasteiger partial charge in [-0.15, -0.1) is 11.8 Å². The van der Waals surface area contributed by atoms with E-state index < -0.39 is 5.97 Å². The molecule has 0 saturated carbocycles. The Balaban J connectivity index is 1.98. The minimum atomic E-state index is -0.979. The molecule has 5 nitrogen and oxygen atoms in total. The van der Waals surface area contributed by atoms with Gasteiger partial charge in [-0.2, -0.15) is 0 Å². The summed E-state index contributed by atoms with van der Waals surface area (Å²) in [6, 6.07) is 8.98. The van der Waals surface area contributed by atoms with Crippen molar-refractivity contribution in [3.05, 3.63) is 47.4 Å². The first-order valence-electron chi connectivity index (χ1n) is 6.29. The van der Waals surface area contributed by atoms with Crippen LogP contribution in [0.1, 0.15) is 28.8 Å². The first kappa shape index (κ1) is 15.2. The number of aromatic carboxylic acids is 1. The second-order valence-corrected chi connectivity index (χ2v) is 5.53. The van der Waals surface area contributed by atoms with Crippen LogP contribution < -0.4 is 5.32 Å². The number of carbonyl (C=O) groups excluding carboxylic acids is 1. The standard InChI is InChI=1S/C15H15NO4S/c1-9-14(15(18)19)7-12(20-9)8-21-13-5-3-11(4-6-13)16-10(2)17/h3-7H,8H2,1-2H3,(H,16,17)(H,18,19). The number of amides is 1. The Kier molecular flexibility index (Phi) is 4.70. The summed E-state index contributed by atoms with van der Waals surface area (Å²) in [5, 5.41) is 11.7. The summed E-state index contributed by atoms with van der Waals surface area (Å²) in [5.41, 5.74) is 0.945. The summed E-state index contributed by atoms with van der Waals surface area (Å²) in [4.78, 5) is 22.9. The Hall–Kier alpha value is -2.21. The molecule has 0 aliphatic heterocycles. The Morgan fingerprint density at radius 1 is 1.29 bits per heavy atom. The van der Waals surface area contributed by atoms with E-state index in [0.717, 1.165) is 10.6 Å². The van der Waals surface area contributed by atoms with E-state index >= 15 is 0 Å². The van der Waals surface area contributed by atoms with Crippen molar-refractivity contribution in [3.8, 4) is 0 Å². The number of hydrogen-bond donors (Lipinski definition) is 2. The molecule has 21 heavy (non-hydrogen) atoms. The van der Waals surface area contributed by atoms with Gasteiger partial charge in [-0.3, -0.25) is 4.79 Å². The molecule has 2 rings (SSSR count). The SMILES string of the molecule is CC(=O)Nc1ccc(SCc2cc(C(=O)O)c(C)o2)cc1. The Bertz CT molecular complexity index is 661. The van der Waals surface area contributed by atoms with E-state index in [-0.39, 0.29) is 11.5 Å². The maximum atomic E-state index is 10.9. The monoisotopic (exact) mass is 305 g/mol. The van der Waals surface area contributed by atoms with Crippen LogP contribution in [0.2, 0.25) is 0 Å². The van der Waals surface area contributed by atoms with Crippen LogP contribution in [0.15, 0.2) is 39.6 Å². The fourth-order valence-corrected chi connectivity index (χ4v) is 2.60. The van der Waals surface area contributed by atoms with Gasteiger partial charge in [0.2, 0.25) is 5.91 Å². The molecule has 0 unspecified atom stereocenters. The number of hydrogen-bond acceptors (Lipinski definition) is 4. The number of aryl methyl sites for hydroxylation is 1. The predicted octanol–water partition coefficient (Wildman–Crippen LogP) is 3.54. The lowest BCUT2D eigenvalue weighted by molar-refractivity contribution is -0.114. The molecular formula is C15H15NO4S. The second-order valence-electron chi connectivity index (χ2n) is 4.48. The molecule has 2 N–H and O–H groups in total. The highest BCUT2D eigenvalue weighted by Crippen LogP contribution is 2.26. The van der Waals surface area contributed by atoms with E-state index in [4.69, 9.17) is 9.52 Å². The van der Waals surface area contributed by atoms with Crippen molar-refractivity contribution in [1.82, 2.24) is 0 Å². The maximum absolute atomic E-state index is 10.9. The summed E-state index contributed by atoms with van der Waals surface area (Å²) in [6.45, 7) is 3.10. The van der Waals surface area contributed by atoms with Crippen molar-refractivity contribution < 1.29 is 19.1 Å². The van der Waals surface area contributed by atoms with Crippen molar-refractivity contribution in [2.45, 2.75) is 24.5 Å². The fourth-order valence-electron chi connectivity index (χ4n) is 1.82. The number of carboxylic acids is 1. The van der Waals surface area contributed by atoms with E-state index in [1.54, 1.807) is 13.0 Å². The Morgan fingerprint density at radius 3 is 2.48 bits per heavy atom. The third-order valence-corrected chi connectivity index (χ3v) is 3.79.